The predicted octanol–water partition coefficient (Wildman–Crippen LogP) is 3.60. The first-order chi connectivity index (χ1) is 17.1. The molecule has 0 radical (unpaired) electrons. The molecule has 0 heterocycles. The maximum absolute atomic E-state index is 13.0. The van der Waals surface area contributed by atoms with Gasteiger partial charge in [-0.15, -0.1) is 0 Å². The SMILES string of the molecule is COc1ccc(OC)c(N(CC(=O)Nc2ccccc2C(=O)NC(C)c2ccccc2)S(C)(=O)=O)c1. The molecular weight excluding hydrogens is 482 g/mol. The van der Waals surface area contributed by atoms with Gasteiger partial charge in [-0.1, -0.05) is 42.5 Å². The Bertz CT molecular complexity index is 1330. The first-order valence-corrected chi connectivity index (χ1v) is 12.9. The molecule has 0 aromatic heterocycles. The third kappa shape index (κ3) is 6.54. The van der Waals surface area contributed by atoms with Crippen LogP contribution in [0.25, 0.3) is 0 Å². The molecule has 0 spiro atoms. The topological polar surface area (TPSA) is 114 Å². The van der Waals surface area contributed by atoms with Crippen molar-refractivity contribution in [3.63, 3.8) is 0 Å². The minimum atomic E-state index is -3.88. The number of sulfonamides is 1. The molecule has 190 valence electrons. The number of anilines is 2. The van der Waals surface area contributed by atoms with E-state index in [-0.39, 0.29) is 34.6 Å². The van der Waals surface area contributed by atoms with Crippen LogP contribution in [0.1, 0.15) is 28.9 Å². The van der Waals surface area contributed by atoms with Crippen molar-refractivity contribution >= 4 is 33.2 Å². The lowest BCUT2D eigenvalue weighted by Gasteiger charge is -2.24. The Morgan fingerprint density at radius 3 is 2.25 bits per heavy atom. The molecule has 3 aromatic carbocycles. The molecule has 0 saturated carbocycles. The molecule has 3 rings (SSSR count). The molecule has 2 amide bonds. The Hall–Kier alpha value is -4.05. The molecular formula is C26H29N3O6S. The van der Waals surface area contributed by atoms with Crippen LogP contribution < -0.4 is 24.4 Å². The lowest BCUT2D eigenvalue weighted by molar-refractivity contribution is -0.114. The zero-order valence-corrected chi connectivity index (χ0v) is 21.3. The fourth-order valence-electron chi connectivity index (χ4n) is 3.58. The quantitative estimate of drug-likeness (QED) is 0.430. The van der Waals surface area contributed by atoms with Gasteiger partial charge in [-0.3, -0.25) is 13.9 Å². The molecule has 0 fully saturated rings. The number of hydrogen-bond donors (Lipinski definition) is 2. The van der Waals surface area contributed by atoms with Crippen molar-refractivity contribution in [3.05, 3.63) is 83.9 Å². The monoisotopic (exact) mass is 511 g/mol. The Kier molecular flexibility index (Phi) is 8.55. The van der Waals surface area contributed by atoms with E-state index >= 15 is 0 Å². The lowest BCUT2D eigenvalue weighted by atomic mass is 10.1. The fourth-order valence-corrected chi connectivity index (χ4v) is 4.43. The number of amides is 2. The average Bonchev–Trinajstić information content (AvgIpc) is 2.87. The van der Waals surface area contributed by atoms with Crippen molar-refractivity contribution in [2.24, 2.45) is 0 Å². The van der Waals surface area contributed by atoms with Gasteiger partial charge in [0.1, 0.15) is 18.0 Å². The first kappa shape index (κ1) is 26.6. The number of carbonyl (C=O) groups is 2. The molecule has 0 aliphatic rings. The average molecular weight is 512 g/mol. The summed E-state index contributed by atoms with van der Waals surface area (Å²) in [7, 11) is -1.03. The molecule has 0 aliphatic heterocycles. The van der Waals surface area contributed by atoms with Crippen molar-refractivity contribution in [1.29, 1.82) is 0 Å². The van der Waals surface area contributed by atoms with Crippen LogP contribution in [0.15, 0.2) is 72.8 Å². The van der Waals surface area contributed by atoms with Crippen LogP contribution in [0.2, 0.25) is 0 Å². The van der Waals surface area contributed by atoms with Gasteiger partial charge in [0.2, 0.25) is 15.9 Å². The number of ether oxygens (including phenoxy) is 2. The van der Waals surface area contributed by atoms with E-state index in [9.17, 15) is 18.0 Å². The number of rotatable bonds is 10. The summed E-state index contributed by atoms with van der Waals surface area (Å²) in [6.45, 7) is 1.32. The van der Waals surface area contributed by atoms with E-state index in [0.717, 1.165) is 16.1 Å². The van der Waals surface area contributed by atoms with Crippen molar-refractivity contribution in [2.75, 3.05) is 36.6 Å². The third-order valence-electron chi connectivity index (χ3n) is 5.44. The van der Waals surface area contributed by atoms with Crippen LogP contribution in [0, 0.1) is 0 Å². The molecule has 9 nitrogen and oxygen atoms in total. The van der Waals surface area contributed by atoms with Crippen LogP contribution in [0.5, 0.6) is 11.5 Å². The number of benzene rings is 3. The molecule has 10 heteroatoms. The van der Waals surface area contributed by atoms with E-state index in [1.54, 1.807) is 36.4 Å². The number of hydrogen-bond acceptors (Lipinski definition) is 6. The molecule has 2 N–H and O–H groups in total. The van der Waals surface area contributed by atoms with E-state index in [1.807, 2.05) is 37.3 Å². The zero-order chi connectivity index (χ0) is 26.3. The number of para-hydroxylation sites is 1. The second-order valence-electron chi connectivity index (χ2n) is 8.01. The summed E-state index contributed by atoms with van der Waals surface area (Å²) in [5.74, 6) is -0.364. The van der Waals surface area contributed by atoms with Gasteiger partial charge in [0.05, 0.1) is 43.5 Å². The first-order valence-electron chi connectivity index (χ1n) is 11.1. The van der Waals surface area contributed by atoms with Gasteiger partial charge in [-0.05, 0) is 36.8 Å². The highest BCUT2D eigenvalue weighted by Crippen LogP contribution is 2.33. The highest BCUT2D eigenvalue weighted by atomic mass is 32.2. The highest BCUT2D eigenvalue weighted by molar-refractivity contribution is 7.92. The summed E-state index contributed by atoms with van der Waals surface area (Å²) >= 11 is 0. The normalized spacial score (nSPS) is 11.8. The minimum Gasteiger partial charge on any atom is -0.497 e. The van der Waals surface area contributed by atoms with Crippen LogP contribution in [0.3, 0.4) is 0 Å². The second kappa shape index (κ2) is 11.6. The summed E-state index contributed by atoms with van der Waals surface area (Å²) in [5.41, 5.74) is 1.59. The van der Waals surface area contributed by atoms with E-state index in [4.69, 9.17) is 9.47 Å². The maximum atomic E-state index is 13.0. The molecule has 1 unspecified atom stereocenters. The van der Waals surface area contributed by atoms with Crippen molar-refractivity contribution in [3.8, 4) is 11.5 Å². The molecule has 0 bridgehead atoms. The van der Waals surface area contributed by atoms with Gasteiger partial charge in [0, 0.05) is 6.07 Å². The van der Waals surface area contributed by atoms with Gasteiger partial charge in [0.15, 0.2) is 0 Å². The molecule has 3 aromatic rings. The Balaban J connectivity index is 1.82. The smallest absolute Gasteiger partial charge is 0.253 e. The summed E-state index contributed by atoms with van der Waals surface area (Å²) in [5, 5.41) is 5.58. The summed E-state index contributed by atoms with van der Waals surface area (Å²) in [6, 6.07) is 20.4. The van der Waals surface area contributed by atoms with E-state index < -0.39 is 22.5 Å². The number of nitrogens with one attached hydrogen (secondary N) is 2. The molecule has 36 heavy (non-hydrogen) atoms. The predicted molar refractivity (Wildman–Crippen MR) is 139 cm³/mol. The zero-order valence-electron chi connectivity index (χ0n) is 20.5. The van der Waals surface area contributed by atoms with Crippen LogP contribution in [0.4, 0.5) is 11.4 Å². The standard InChI is InChI=1S/C26H29N3O6S/c1-18(19-10-6-5-7-11-19)27-26(31)21-12-8-9-13-22(21)28-25(30)17-29(36(4,32)33)23-16-20(34-2)14-15-24(23)35-3/h5-16,18H,17H2,1-4H3,(H,27,31)(H,28,30). The van der Waals surface area contributed by atoms with E-state index in [0.29, 0.717) is 5.75 Å². The van der Waals surface area contributed by atoms with E-state index in [1.165, 1.54) is 20.3 Å². The van der Waals surface area contributed by atoms with Gasteiger partial charge < -0.3 is 20.1 Å². The van der Waals surface area contributed by atoms with Crippen molar-refractivity contribution in [1.82, 2.24) is 5.32 Å². The summed E-state index contributed by atoms with van der Waals surface area (Å²) < 4.78 is 36.6. The highest BCUT2D eigenvalue weighted by Gasteiger charge is 2.25. The van der Waals surface area contributed by atoms with Crippen molar-refractivity contribution < 1.29 is 27.5 Å². The van der Waals surface area contributed by atoms with E-state index in [2.05, 4.69) is 10.6 Å². The number of methoxy groups -OCH3 is 2. The van der Waals surface area contributed by atoms with Gasteiger partial charge in [-0.25, -0.2) is 8.42 Å². The van der Waals surface area contributed by atoms with Crippen molar-refractivity contribution in [2.45, 2.75) is 13.0 Å². The molecule has 1 atom stereocenters. The Morgan fingerprint density at radius 1 is 0.944 bits per heavy atom. The Morgan fingerprint density at radius 2 is 1.61 bits per heavy atom. The fraction of sp³-hybridized carbons (Fsp3) is 0.231. The summed E-state index contributed by atoms with van der Waals surface area (Å²) in [6.07, 6.45) is 0.992. The molecule has 0 saturated heterocycles. The number of nitrogens with zero attached hydrogens (tertiary/aromatic N) is 1. The lowest BCUT2D eigenvalue weighted by Crippen LogP contribution is -2.38. The summed E-state index contributed by atoms with van der Waals surface area (Å²) in [4.78, 5) is 26.0. The van der Waals surface area contributed by atoms with Gasteiger partial charge >= 0.3 is 0 Å². The van der Waals surface area contributed by atoms with Crippen LogP contribution >= 0.6 is 0 Å². The van der Waals surface area contributed by atoms with Crippen LogP contribution in [-0.2, 0) is 14.8 Å². The van der Waals surface area contributed by atoms with Gasteiger partial charge in [0.25, 0.3) is 5.91 Å². The minimum absolute atomic E-state index is 0.150. The third-order valence-corrected chi connectivity index (χ3v) is 6.56. The molecule has 0 aliphatic carbocycles. The number of carbonyl (C=O) groups excluding carboxylic acids is 2. The maximum Gasteiger partial charge on any atom is 0.253 e. The van der Waals surface area contributed by atoms with Gasteiger partial charge in [-0.2, -0.15) is 0 Å². The van der Waals surface area contributed by atoms with Crippen LogP contribution in [-0.4, -0.2) is 47.3 Å². The Labute approximate surface area is 211 Å². The largest absolute Gasteiger partial charge is 0.497 e. The second-order valence-corrected chi connectivity index (χ2v) is 9.91.